The lowest BCUT2D eigenvalue weighted by molar-refractivity contribution is -0.124. The number of benzene rings is 1. The zero-order chi connectivity index (χ0) is 13.9. The lowest BCUT2D eigenvalue weighted by Gasteiger charge is -2.16. The molecule has 0 aromatic heterocycles. The molecule has 1 aromatic rings. The van der Waals surface area contributed by atoms with Crippen LogP contribution in [-0.4, -0.2) is 20.4 Å². The maximum absolute atomic E-state index is 11.1. The summed E-state index contributed by atoms with van der Waals surface area (Å²) in [5, 5.41) is 5.01. The van der Waals surface area contributed by atoms with E-state index < -0.39 is 22.0 Å². The van der Waals surface area contributed by atoms with Crippen molar-refractivity contribution in [1.82, 2.24) is 0 Å². The van der Waals surface area contributed by atoms with Crippen molar-refractivity contribution in [3.63, 3.8) is 0 Å². The van der Waals surface area contributed by atoms with Crippen LogP contribution in [0.2, 0.25) is 0 Å². The van der Waals surface area contributed by atoms with E-state index in [9.17, 15) is 13.2 Å². The minimum absolute atomic E-state index is 0.000488. The molecule has 1 aromatic carbocycles. The Morgan fingerprint density at radius 2 is 2.06 bits per heavy atom. The molecule has 0 heterocycles. The second-order valence-electron chi connectivity index (χ2n) is 3.89. The van der Waals surface area contributed by atoms with Gasteiger partial charge in [-0.2, -0.15) is 0 Å². The summed E-state index contributed by atoms with van der Waals surface area (Å²) in [6, 6.07) is 4.17. The molecule has 1 atom stereocenters. The summed E-state index contributed by atoms with van der Waals surface area (Å²) in [5.74, 6) is -0.152. The third-order valence-electron chi connectivity index (χ3n) is 2.43. The number of aryl methyl sites for hydroxylation is 1. The normalized spacial score (nSPS) is 13.1. The lowest BCUT2D eigenvalue weighted by atomic mass is 10.2. The van der Waals surface area contributed by atoms with Crippen molar-refractivity contribution >= 4 is 15.9 Å². The van der Waals surface area contributed by atoms with E-state index in [1.54, 1.807) is 13.8 Å². The van der Waals surface area contributed by atoms with Gasteiger partial charge in [0, 0.05) is 0 Å². The average molecular weight is 272 g/mol. The first kappa shape index (κ1) is 14.5. The van der Waals surface area contributed by atoms with E-state index in [-0.39, 0.29) is 4.90 Å². The molecule has 0 aliphatic heterocycles. The lowest BCUT2D eigenvalue weighted by Crippen LogP contribution is -2.33. The van der Waals surface area contributed by atoms with Gasteiger partial charge in [0.1, 0.15) is 5.75 Å². The summed E-state index contributed by atoms with van der Waals surface area (Å²) in [5.41, 5.74) is 5.74. The van der Waals surface area contributed by atoms with Crippen LogP contribution in [0.15, 0.2) is 23.1 Å². The maximum atomic E-state index is 11.1. The van der Waals surface area contributed by atoms with Gasteiger partial charge in [-0.1, -0.05) is 6.92 Å². The Morgan fingerprint density at radius 1 is 1.44 bits per heavy atom. The third kappa shape index (κ3) is 3.44. The number of hydrogen-bond donors (Lipinski definition) is 2. The van der Waals surface area contributed by atoms with E-state index >= 15 is 0 Å². The quantitative estimate of drug-likeness (QED) is 0.801. The molecule has 0 aliphatic rings. The van der Waals surface area contributed by atoms with Gasteiger partial charge in [-0.15, -0.1) is 0 Å². The minimum atomic E-state index is -3.74. The zero-order valence-corrected chi connectivity index (χ0v) is 11.0. The number of nitrogens with two attached hydrogens (primary N) is 2. The maximum Gasteiger partial charge on any atom is 0.258 e. The molecule has 0 fully saturated rings. The average Bonchev–Trinajstić information content (AvgIpc) is 2.25. The van der Waals surface area contributed by atoms with Gasteiger partial charge in [0.05, 0.1) is 4.90 Å². The summed E-state index contributed by atoms with van der Waals surface area (Å²) in [6.07, 6.45) is -0.296. The van der Waals surface area contributed by atoms with E-state index in [0.717, 1.165) is 0 Å². The fourth-order valence-electron chi connectivity index (χ4n) is 1.43. The number of ether oxygens (including phenoxy) is 1. The molecule has 7 heteroatoms. The summed E-state index contributed by atoms with van der Waals surface area (Å²) in [7, 11) is -3.74. The topological polar surface area (TPSA) is 112 Å². The first-order chi connectivity index (χ1) is 8.25. The first-order valence-electron chi connectivity index (χ1n) is 5.35. The molecule has 0 radical (unpaired) electrons. The van der Waals surface area contributed by atoms with Crippen LogP contribution in [0.3, 0.4) is 0 Å². The Labute approximate surface area is 106 Å². The highest BCUT2D eigenvalue weighted by Gasteiger charge is 2.17. The van der Waals surface area contributed by atoms with Crippen molar-refractivity contribution in [2.45, 2.75) is 31.3 Å². The van der Waals surface area contributed by atoms with Crippen molar-refractivity contribution < 1.29 is 17.9 Å². The molecule has 1 rings (SSSR count). The summed E-state index contributed by atoms with van der Waals surface area (Å²) < 4.78 is 27.7. The highest BCUT2D eigenvalue weighted by molar-refractivity contribution is 7.89. The van der Waals surface area contributed by atoms with Gasteiger partial charge in [0.2, 0.25) is 10.0 Å². The molecule has 18 heavy (non-hydrogen) atoms. The van der Waals surface area contributed by atoms with E-state index in [1.165, 1.54) is 18.2 Å². The SMILES string of the molecule is CCC(Oc1ccc(S(N)(=O)=O)cc1C)C(N)=O. The molecule has 0 bridgehead atoms. The predicted octanol–water partition coefficient (Wildman–Crippen LogP) is 0.285. The molecule has 4 N–H and O–H groups in total. The largest absolute Gasteiger partial charge is 0.480 e. The van der Waals surface area contributed by atoms with Gasteiger partial charge < -0.3 is 10.5 Å². The van der Waals surface area contributed by atoms with E-state index in [2.05, 4.69) is 0 Å². The first-order valence-corrected chi connectivity index (χ1v) is 6.89. The summed E-state index contributed by atoms with van der Waals surface area (Å²) in [6.45, 7) is 3.43. The molecule has 0 spiro atoms. The molecular formula is C11H16N2O4S. The Kier molecular flexibility index (Phi) is 4.31. The van der Waals surface area contributed by atoms with Crippen LogP contribution in [0.4, 0.5) is 0 Å². The Morgan fingerprint density at radius 3 is 2.44 bits per heavy atom. The second-order valence-corrected chi connectivity index (χ2v) is 5.45. The Balaban J connectivity index is 3.03. The van der Waals surface area contributed by atoms with E-state index in [0.29, 0.717) is 17.7 Å². The van der Waals surface area contributed by atoms with Crippen molar-refractivity contribution in [1.29, 1.82) is 0 Å². The van der Waals surface area contributed by atoms with Crippen LogP contribution < -0.4 is 15.6 Å². The van der Waals surface area contributed by atoms with Gasteiger partial charge in [-0.25, -0.2) is 13.6 Å². The van der Waals surface area contributed by atoms with Gasteiger partial charge in [0.25, 0.3) is 5.91 Å². The van der Waals surface area contributed by atoms with E-state index in [4.69, 9.17) is 15.6 Å². The van der Waals surface area contributed by atoms with Crippen LogP contribution in [0.25, 0.3) is 0 Å². The number of primary sulfonamides is 1. The van der Waals surface area contributed by atoms with Crippen LogP contribution in [0.1, 0.15) is 18.9 Å². The summed E-state index contributed by atoms with van der Waals surface area (Å²) >= 11 is 0. The van der Waals surface area contributed by atoms with Crippen molar-refractivity contribution in [3.05, 3.63) is 23.8 Å². The molecule has 0 aliphatic carbocycles. The molecule has 100 valence electrons. The minimum Gasteiger partial charge on any atom is -0.480 e. The highest BCUT2D eigenvalue weighted by Crippen LogP contribution is 2.22. The van der Waals surface area contributed by atoms with Gasteiger partial charge in [-0.3, -0.25) is 4.79 Å². The standard InChI is InChI=1S/C11H16N2O4S/c1-3-9(11(12)14)17-10-5-4-8(6-7(10)2)18(13,15)16/h4-6,9H,3H2,1-2H3,(H2,12,14)(H2,13,15,16). The fourth-order valence-corrected chi connectivity index (χ4v) is 2.03. The molecular weight excluding hydrogens is 256 g/mol. The molecule has 6 nitrogen and oxygen atoms in total. The molecule has 1 unspecified atom stereocenters. The smallest absolute Gasteiger partial charge is 0.258 e. The van der Waals surface area contributed by atoms with Crippen LogP contribution >= 0.6 is 0 Å². The van der Waals surface area contributed by atoms with E-state index in [1.807, 2.05) is 0 Å². The van der Waals surface area contributed by atoms with Gasteiger partial charge in [-0.05, 0) is 37.1 Å². The van der Waals surface area contributed by atoms with Crippen LogP contribution in [0, 0.1) is 6.92 Å². The number of amides is 1. The fraction of sp³-hybridized carbons (Fsp3) is 0.364. The molecule has 0 saturated carbocycles. The van der Waals surface area contributed by atoms with Crippen LogP contribution in [-0.2, 0) is 14.8 Å². The van der Waals surface area contributed by atoms with Crippen molar-refractivity contribution in [2.24, 2.45) is 10.9 Å². The number of carbonyl (C=O) groups is 1. The van der Waals surface area contributed by atoms with Crippen molar-refractivity contribution in [2.75, 3.05) is 0 Å². The molecule has 0 saturated heterocycles. The number of sulfonamides is 1. The predicted molar refractivity (Wildman–Crippen MR) is 66.5 cm³/mol. The zero-order valence-electron chi connectivity index (χ0n) is 10.2. The summed E-state index contributed by atoms with van der Waals surface area (Å²) in [4.78, 5) is 11.1. The monoisotopic (exact) mass is 272 g/mol. The Hall–Kier alpha value is -1.60. The number of primary amides is 1. The number of rotatable bonds is 5. The van der Waals surface area contributed by atoms with Crippen LogP contribution in [0.5, 0.6) is 5.75 Å². The van der Waals surface area contributed by atoms with Gasteiger partial charge in [0.15, 0.2) is 6.10 Å². The number of carbonyl (C=O) groups excluding carboxylic acids is 1. The van der Waals surface area contributed by atoms with Gasteiger partial charge >= 0.3 is 0 Å². The number of hydrogen-bond acceptors (Lipinski definition) is 4. The molecule has 1 amide bonds. The van der Waals surface area contributed by atoms with Crippen molar-refractivity contribution in [3.8, 4) is 5.75 Å². The third-order valence-corrected chi connectivity index (χ3v) is 3.34. The Bertz CT molecular complexity index is 554. The second kappa shape index (κ2) is 5.36. The highest BCUT2D eigenvalue weighted by atomic mass is 32.2.